The zero-order chi connectivity index (χ0) is 7.40. The zero-order valence-electron chi connectivity index (χ0n) is 6.42. The molecule has 2 N–H and O–H groups in total. The zero-order valence-corrected chi connectivity index (χ0v) is 7.24. The number of rotatable bonds is 2. The van der Waals surface area contributed by atoms with Crippen LogP contribution in [0.5, 0.6) is 0 Å². The van der Waals surface area contributed by atoms with Gasteiger partial charge in [0.25, 0.3) is 0 Å². The average molecular weight is 184 g/mol. The van der Waals surface area contributed by atoms with Gasteiger partial charge in [0.05, 0.1) is 6.10 Å². The molecule has 1 rings (SSSR count). The van der Waals surface area contributed by atoms with Crippen molar-refractivity contribution < 1.29 is 9.50 Å². The summed E-state index contributed by atoms with van der Waals surface area (Å²) in [7, 11) is 0. The summed E-state index contributed by atoms with van der Waals surface area (Å²) in [4.78, 5) is 0. The van der Waals surface area contributed by atoms with E-state index in [0.29, 0.717) is 0 Å². The smallest absolute Gasteiger partial charge is 0.116 e. The fourth-order valence-corrected chi connectivity index (χ4v) is 1.36. The van der Waals surface area contributed by atoms with Crippen molar-refractivity contribution in [3.63, 3.8) is 0 Å². The maximum Gasteiger partial charge on any atom is 0.116 e. The number of hydrogen-bond acceptors (Lipinski definition) is 2. The van der Waals surface area contributed by atoms with Gasteiger partial charge in [0.2, 0.25) is 0 Å². The summed E-state index contributed by atoms with van der Waals surface area (Å²) in [6.45, 7) is 1.24. The van der Waals surface area contributed by atoms with Gasteiger partial charge in [0.15, 0.2) is 0 Å². The molecule has 0 radical (unpaired) electrons. The summed E-state index contributed by atoms with van der Waals surface area (Å²) >= 11 is 0. The molecule has 4 heteroatoms. The number of halogens is 2. The topological polar surface area (TPSA) is 32.3 Å². The molecule has 0 aromatic carbocycles. The third-order valence-corrected chi connectivity index (χ3v) is 2.09. The monoisotopic (exact) mass is 183 g/mol. The lowest BCUT2D eigenvalue weighted by molar-refractivity contribution is 0.0652. The molecule has 0 aromatic heterocycles. The van der Waals surface area contributed by atoms with Crippen molar-refractivity contribution in [2.45, 2.75) is 18.9 Å². The van der Waals surface area contributed by atoms with Crippen LogP contribution in [-0.4, -0.2) is 31.0 Å². The van der Waals surface area contributed by atoms with Gasteiger partial charge in [-0.2, -0.15) is 0 Å². The number of piperidine rings is 1. The first-order valence-corrected chi connectivity index (χ1v) is 3.79. The maximum atomic E-state index is 11.9. The van der Waals surface area contributed by atoms with Crippen LogP contribution in [0, 0.1) is 5.92 Å². The van der Waals surface area contributed by atoms with Crippen LogP contribution in [0.25, 0.3) is 0 Å². The number of alkyl halides is 1. The molecule has 1 heterocycles. The highest BCUT2D eigenvalue weighted by Crippen LogP contribution is 2.16. The van der Waals surface area contributed by atoms with Gasteiger partial charge < -0.3 is 10.4 Å². The first-order chi connectivity index (χ1) is 4.84. The lowest BCUT2D eigenvalue weighted by Crippen LogP contribution is -2.34. The van der Waals surface area contributed by atoms with E-state index in [2.05, 4.69) is 5.32 Å². The molecule has 0 amide bonds. The second-order valence-corrected chi connectivity index (χ2v) is 2.81. The van der Waals surface area contributed by atoms with Crippen molar-refractivity contribution in [1.82, 2.24) is 5.32 Å². The normalized spacial score (nSPS) is 22.4. The van der Waals surface area contributed by atoms with Crippen LogP contribution in [0.2, 0.25) is 0 Å². The molecular formula is C7H15ClFNO. The SMILES string of the molecule is Cl.OC(CF)C1CCNCC1. The molecule has 0 spiro atoms. The predicted molar refractivity (Wildman–Crippen MR) is 44.8 cm³/mol. The Hall–Kier alpha value is 0.140. The summed E-state index contributed by atoms with van der Waals surface area (Å²) in [5.74, 6) is 0.186. The fraction of sp³-hybridized carbons (Fsp3) is 1.00. The minimum absolute atomic E-state index is 0. The van der Waals surface area contributed by atoms with E-state index in [4.69, 9.17) is 5.11 Å². The van der Waals surface area contributed by atoms with Gasteiger partial charge in [-0.25, -0.2) is 4.39 Å². The molecular weight excluding hydrogens is 169 g/mol. The Bertz CT molecular complexity index is 98.4. The molecule has 0 aliphatic carbocycles. The van der Waals surface area contributed by atoms with E-state index >= 15 is 0 Å². The van der Waals surface area contributed by atoms with Crippen LogP contribution in [0.4, 0.5) is 4.39 Å². The van der Waals surface area contributed by atoms with Crippen LogP contribution in [0.3, 0.4) is 0 Å². The Balaban J connectivity index is 0.000001000. The van der Waals surface area contributed by atoms with Gasteiger partial charge in [-0.05, 0) is 31.8 Å². The lowest BCUT2D eigenvalue weighted by Gasteiger charge is -2.25. The molecule has 0 aromatic rings. The first-order valence-electron chi connectivity index (χ1n) is 3.79. The second-order valence-electron chi connectivity index (χ2n) is 2.81. The fourth-order valence-electron chi connectivity index (χ4n) is 1.36. The molecule has 1 atom stereocenters. The van der Waals surface area contributed by atoms with Crippen LogP contribution >= 0.6 is 12.4 Å². The molecule has 0 saturated carbocycles. The molecule has 2 nitrogen and oxygen atoms in total. The van der Waals surface area contributed by atoms with Gasteiger partial charge in [0.1, 0.15) is 6.67 Å². The number of hydrogen-bond donors (Lipinski definition) is 2. The Morgan fingerprint density at radius 2 is 2.00 bits per heavy atom. The van der Waals surface area contributed by atoms with Gasteiger partial charge >= 0.3 is 0 Å². The summed E-state index contributed by atoms with van der Waals surface area (Å²) in [5.41, 5.74) is 0. The largest absolute Gasteiger partial charge is 0.390 e. The number of nitrogens with one attached hydrogen (secondary N) is 1. The van der Waals surface area contributed by atoms with Gasteiger partial charge in [-0.3, -0.25) is 0 Å². The molecule has 0 bridgehead atoms. The molecule has 1 saturated heterocycles. The summed E-state index contributed by atoms with van der Waals surface area (Å²) < 4.78 is 11.9. The van der Waals surface area contributed by atoms with E-state index in [-0.39, 0.29) is 18.3 Å². The van der Waals surface area contributed by atoms with Gasteiger partial charge in [-0.15, -0.1) is 12.4 Å². The second kappa shape index (κ2) is 5.75. The van der Waals surface area contributed by atoms with E-state index in [0.717, 1.165) is 25.9 Å². The maximum absolute atomic E-state index is 11.9. The van der Waals surface area contributed by atoms with Crippen LogP contribution in [-0.2, 0) is 0 Å². The molecule has 1 aliphatic rings. The molecule has 1 fully saturated rings. The van der Waals surface area contributed by atoms with E-state index < -0.39 is 12.8 Å². The standard InChI is InChI=1S/C7H14FNO.ClH/c8-5-7(10)6-1-3-9-4-2-6;/h6-7,9-10H,1-5H2;1H. The first kappa shape index (κ1) is 11.1. The van der Waals surface area contributed by atoms with Crippen LogP contribution in [0.15, 0.2) is 0 Å². The highest BCUT2D eigenvalue weighted by Gasteiger charge is 2.20. The molecule has 1 aliphatic heterocycles. The quantitative estimate of drug-likeness (QED) is 0.662. The Kier molecular flexibility index (Phi) is 5.82. The third-order valence-electron chi connectivity index (χ3n) is 2.09. The van der Waals surface area contributed by atoms with E-state index in [1.165, 1.54) is 0 Å². The minimum Gasteiger partial charge on any atom is -0.390 e. The van der Waals surface area contributed by atoms with Crippen molar-refractivity contribution >= 4 is 12.4 Å². The van der Waals surface area contributed by atoms with Crippen LogP contribution in [0.1, 0.15) is 12.8 Å². The van der Waals surface area contributed by atoms with Crippen molar-refractivity contribution in [2.75, 3.05) is 19.8 Å². The highest BCUT2D eigenvalue weighted by atomic mass is 35.5. The summed E-state index contributed by atoms with van der Waals surface area (Å²) in [6.07, 6.45) is 1.10. The Morgan fingerprint density at radius 3 is 2.45 bits per heavy atom. The number of aliphatic hydroxyl groups excluding tert-OH is 1. The molecule has 11 heavy (non-hydrogen) atoms. The Labute approximate surface area is 72.6 Å². The van der Waals surface area contributed by atoms with Crippen LogP contribution < -0.4 is 5.32 Å². The third kappa shape index (κ3) is 3.36. The van der Waals surface area contributed by atoms with E-state index in [1.54, 1.807) is 0 Å². The lowest BCUT2D eigenvalue weighted by atomic mass is 9.93. The highest BCUT2D eigenvalue weighted by molar-refractivity contribution is 5.85. The van der Waals surface area contributed by atoms with Crippen molar-refractivity contribution in [3.05, 3.63) is 0 Å². The average Bonchev–Trinajstić information content (AvgIpc) is 2.05. The minimum atomic E-state index is -0.720. The number of aliphatic hydroxyl groups is 1. The summed E-state index contributed by atoms with van der Waals surface area (Å²) in [6, 6.07) is 0. The van der Waals surface area contributed by atoms with Gasteiger partial charge in [0, 0.05) is 0 Å². The van der Waals surface area contributed by atoms with Crippen molar-refractivity contribution in [1.29, 1.82) is 0 Å². The molecule has 68 valence electrons. The van der Waals surface area contributed by atoms with Crippen molar-refractivity contribution in [2.24, 2.45) is 5.92 Å². The van der Waals surface area contributed by atoms with E-state index in [1.807, 2.05) is 0 Å². The Morgan fingerprint density at radius 1 is 1.45 bits per heavy atom. The van der Waals surface area contributed by atoms with Crippen molar-refractivity contribution in [3.8, 4) is 0 Å². The molecule has 1 unspecified atom stereocenters. The van der Waals surface area contributed by atoms with E-state index in [9.17, 15) is 4.39 Å². The predicted octanol–water partition coefficient (Wildman–Crippen LogP) is 0.738. The van der Waals surface area contributed by atoms with Gasteiger partial charge in [-0.1, -0.05) is 0 Å². The summed E-state index contributed by atoms with van der Waals surface area (Å²) in [5, 5.41) is 12.2.